The molecule has 1 aromatic carbocycles. The fourth-order valence-corrected chi connectivity index (χ4v) is 4.45. The van der Waals surface area contributed by atoms with E-state index >= 15 is 0 Å². The van der Waals surface area contributed by atoms with Crippen molar-refractivity contribution < 1.29 is 19.4 Å². The molecule has 2 aromatic rings. The lowest BCUT2D eigenvalue weighted by Gasteiger charge is -2.32. The Hall–Kier alpha value is -3.34. The van der Waals surface area contributed by atoms with E-state index in [-0.39, 0.29) is 12.6 Å². The summed E-state index contributed by atoms with van der Waals surface area (Å²) in [6.45, 7) is -0.240. The summed E-state index contributed by atoms with van der Waals surface area (Å²) in [7, 11) is 1.63. The zero-order valence-electron chi connectivity index (χ0n) is 17.6. The highest BCUT2D eigenvalue weighted by Crippen LogP contribution is 2.41. The van der Waals surface area contributed by atoms with E-state index in [0.717, 1.165) is 29.7 Å². The summed E-state index contributed by atoms with van der Waals surface area (Å²) in [4.78, 5) is 19.4. The number of aromatic nitrogens is 2. The van der Waals surface area contributed by atoms with Crippen LogP contribution >= 0.6 is 0 Å². The van der Waals surface area contributed by atoms with Crippen LogP contribution < -0.4 is 14.8 Å². The van der Waals surface area contributed by atoms with Gasteiger partial charge in [-0.15, -0.1) is 0 Å². The first-order valence-corrected chi connectivity index (χ1v) is 10.6. The lowest BCUT2D eigenvalue weighted by Crippen LogP contribution is -2.33. The minimum absolute atomic E-state index is 0.194. The monoisotopic (exact) mass is 422 g/mol. The van der Waals surface area contributed by atoms with Gasteiger partial charge in [0.2, 0.25) is 5.95 Å². The predicted molar refractivity (Wildman–Crippen MR) is 113 cm³/mol. The van der Waals surface area contributed by atoms with Crippen LogP contribution in [0, 0.1) is 11.3 Å². The van der Waals surface area contributed by atoms with Crippen molar-refractivity contribution in [2.24, 2.45) is 0 Å². The van der Waals surface area contributed by atoms with E-state index in [2.05, 4.69) is 21.4 Å². The number of aliphatic carboxylic acids is 1. The quantitative estimate of drug-likeness (QED) is 0.698. The molecule has 1 saturated carbocycles. The number of rotatable bonds is 7. The molecule has 4 rings (SSSR count). The molecule has 1 heterocycles. The Morgan fingerprint density at radius 1 is 1.35 bits per heavy atom. The topological polar surface area (TPSA) is 117 Å². The van der Waals surface area contributed by atoms with Gasteiger partial charge in [-0.2, -0.15) is 5.26 Å². The molecule has 162 valence electrons. The third-order valence-electron chi connectivity index (χ3n) is 6.16. The summed E-state index contributed by atoms with van der Waals surface area (Å²) in [5.74, 6) is 0.691. The van der Waals surface area contributed by atoms with Crippen LogP contribution in [0.1, 0.15) is 48.9 Å². The van der Waals surface area contributed by atoms with Gasteiger partial charge in [-0.05, 0) is 68.2 Å². The number of methoxy groups -OCH3 is 1. The number of nitriles is 1. The summed E-state index contributed by atoms with van der Waals surface area (Å²) in [5, 5.41) is 21.7. The van der Waals surface area contributed by atoms with E-state index in [1.807, 2.05) is 18.2 Å². The highest BCUT2D eigenvalue weighted by molar-refractivity contribution is 5.71. The van der Waals surface area contributed by atoms with Crippen LogP contribution in [0.15, 0.2) is 24.4 Å². The molecule has 1 atom stereocenters. The SMILES string of the molecule is COc1ccc(C2(C#N)CCc3nc(NCC(=O)O)ncc3C2)cc1OC1CCCC1. The van der Waals surface area contributed by atoms with Crippen molar-refractivity contribution in [3.05, 3.63) is 41.2 Å². The highest BCUT2D eigenvalue weighted by Gasteiger charge is 2.38. The van der Waals surface area contributed by atoms with E-state index in [0.29, 0.717) is 36.7 Å². The molecule has 8 heteroatoms. The van der Waals surface area contributed by atoms with Gasteiger partial charge in [-0.25, -0.2) is 9.97 Å². The van der Waals surface area contributed by atoms with Crippen molar-refractivity contribution in [2.75, 3.05) is 19.0 Å². The van der Waals surface area contributed by atoms with E-state index in [4.69, 9.17) is 14.6 Å². The molecular formula is C23H26N4O4. The maximum Gasteiger partial charge on any atom is 0.322 e. The van der Waals surface area contributed by atoms with Gasteiger partial charge >= 0.3 is 5.97 Å². The Kier molecular flexibility index (Phi) is 5.94. The number of fused-ring (bicyclic) bond motifs is 1. The van der Waals surface area contributed by atoms with E-state index in [1.165, 1.54) is 12.8 Å². The fourth-order valence-electron chi connectivity index (χ4n) is 4.45. The third-order valence-corrected chi connectivity index (χ3v) is 6.16. The summed E-state index contributed by atoms with van der Waals surface area (Å²) >= 11 is 0. The maximum atomic E-state index is 10.8. The van der Waals surface area contributed by atoms with Crippen molar-refractivity contribution in [3.63, 3.8) is 0 Å². The van der Waals surface area contributed by atoms with Crippen molar-refractivity contribution in [1.29, 1.82) is 5.26 Å². The minimum Gasteiger partial charge on any atom is -0.493 e. The molecule has 2 aliphatic carbocycles. The van der Waals surface area contributed by atoms with Crippen LogP contribution in [0.2, 0.25) is 0 Å². The van der Waals surface area contributed by atoms with Crippen LogP contribution in [-0.4, -0.2) is 40.8 Å². The summed E-state index contributed by atoms with van der Waals surface area (Å²) < 4.78 is 11.7. The molecule has 0 radical (unpaired) electrons. The van der Waals surface area contributed by atoms with Gasteiger partial charge in [-0.3, -0.25) is 4.79 Å². The van der Waals surface area contributed by atoms with Crippen LogP contribution in [0.25, 0.3) is 0 Å². The van der Waals surface area contributed by atoms with E-state index in [1.54, 1.807) is 13.3 Å². The smallest absolute Gasteiger partial charge is 0.322 e. The largest absolute Gasteiger partial charge is 0.493 e. The standard InChI is InChI=1S/C23H26N4O4/c1-30-19-7-6-16(10-20(19)31-17-4-2-3-5-17)23(14-24)9-8-18-15(11-23)12-25-22(27-18)26-13-21(28)29/h6-7,10,12,17H,2-5,8-9,11,13H2,1H3,(H,28,29)(H,25,26,27). The number of aryl methyl sites for hydroxylation is 1. The molecule has 1 unspecified atom stereocenters. The number of benzene rings is 1. The predicted octanol–water partition coefficient (Wildman–Crippen LogP) is 3.25. The first kappa shape index (κ1) is 20.9. The molecule has 1 fully saturated rings. The van der Waals surface area contributed by atoms with Gasteiger partial charge in [0.25, 0.3) is 0 Å². The second-order valence-corrected chi connectivity index (χ2v) is 8.17. The normalized spacial score (nSPS) is 20.5. The molecule has 1 aromatic heterocycles. The van der Waals surface area contributed by atoms with Gasteiger partial charge < -0.3 is 19.9 Å². The molecule has 0 aliphatic heterocycles. The number of hydrogen-bond acceptors (Lipinski definition) is 7. The number of nitrogens with zero attached hydrogens (tertiary/aromatic N) is 3. The second-order valence-electron chi connectivity index (χ2n) is 8.17. The highest BCUT2D eigenvalue weighted by atomic mass is 16.5. The van der Waals surface area contributed by atoms with Crippen molar-refractivity contribution >= 4 is 11.9 Å². The zero-order chi connectivity index (χ0) is 21.8. The van der Waals surface area contributed by atoms with E-state index < -0.39 is 11.4 Å². The van der Waals surface area contributed by atoms with E-state index in [9.17, 15) is 10.1 Å². The minimum atomic E-state index is -0.972. The van der Waals surface area contributed by atoms with Crippen molar-refractivity contribution in [1.82, 2.24) is 9.97 Å². The Morgan fingerprint density at radius 2 is 2.16 bits per heavy atom. The molecule has 31 heavy (non-hydrogen) atoms. The number of carboxylic acids is 1. The third kappa shape index (κ3) is 4.41. The lowest BCUT2D eigenvalue weighted by molar-refractivity contribution is -0.134. The van der Waals surface area contributed by atoms with Crippen molar-refractivity contribution in [2.45, 2.75) is 56.5 Å². The van der Waals surface area contributed by atoms with Crippen molar-refractivity contribution in [3.8, 4) is 17.6 Å². The van der Waals surface area contributed by atoms with Gasteiger partial charge in [0.05, 0.1) is 24.7 Å². The Bertz CT molecular complexity index is 1010. The lowest BCUT2D eigenvalue weighted by atomic mass is 9.69. The maximum absolute atomic E-state index is 10.8. The fraction of sp³-hybridized carbons (Fsp3) is 0.478. The van der Waals surface area contributed by atoms with Gasteiger partial charge in [0, 0.05) is 11.9 Å². The number of carboxylic acid groups (broad SMARTS) is 1. The first-order chi connectivity index (χ1) is 15.0. The second kappa shape index (κ2) is 8.80. The molecule has 0 spiro atoms. The molecule has 0 bridgehead atoms. The summed E-state index contributed by atoms with van der Waals surface area (Å²) in [6.07, 6.45) is 8.03. The molecule has 0 amide bonds. The molecular weight excluding hydrogens is 396 g/mol. The number of carbonyl (C=O) groups is 1. The van der Waals surface area contributed by atoms with Crippen LogP contribution in [0.4, 0.5) is 5.95 Å². The van der Waals surface area contributed by atoms with Gasteiger partial charge in [-0.1, -0.05) is 6.07 Å². The van der Waals surface area contributed by atoms with Gasteiger partial charge in [0.15, 0.2) is 11.5 Å². The Labute approximate surface area is 181 Å². The number of hydrogen-bond donors (Lipinski definition) is 2. The average Bonchev–Trinajstić information content (AvgIpc) is 3.30. The van der Waals surface area contributed by atoms with Crippen LogP contribution in [0.3, 0.4) is 0 Å². The molecule has 8 nitrogen and oxygen atoms in total. The average molecular weight is 422 g/mol. The number of anilines is 1. The van der Waals surface area contributed by atoms with Gasteiger partial charge in [0.1, 0.15) is 6.54 Å². The first-order valence-electron chi connectivity index (χ1n) is 10.6. The number of nitrogens with one attached hydrogen (secondary N) is 1. The summed E-state index contributed by atoms with van der Waals surface area (Å²) in [6, 6.07) is 8.32. The zero-order valence-corrected chi connectivity index (χ0v) is 17.6. The van der Waals surface area contributed by atoms with Crippen LogP contribution in [0.5, 0.6) is 11.5 Å². The molecule has 2 N–H and O–H groups in total. The molecule has 0 saturated heterocycles. The summed E-state index contributed by atoms with van der Waals surface area (Å²) in [5.41, 5.74) is 1.96. The molecule has 2 aliphatic rings. The Morgan fingerprint density at radius 3 is 2.87 bits per heavy atom. The Balaban J connectivity index is 1.60. The number of ether oxygens (including phenoxy) is 2. The van der Waals surface area contributed by atoms with Crippen LogP contribution in [-0.2, 0) is 23.1 Å².